The van der Waals surface area contributed by atoms with E-state index < -0.39 is 0 Å². The smallest absolute Gasteiger partial charge is 0.143 e. The van der Waals surface area contributed by atoms with Crippen LogP contribution >= 0.6 is 23.1 Å². The molecule has 1 atom stereocenters. The van der Waals surface area contributed by atoms with E-state index in [4.69, 9.17) is 0 Å². The predicted molar refractivity (Wildman–Crippen MR) is 95.5 cm³/mol. The highest BCUT2D eigenvalue weighted by Gasteiger charge is 2.13. The minimum Gasteiger partial charge on any atom is -0.303 e. The van der Waals surface area contributed by atoms with Crippen LogP contribution in [0.25, 0.3) is 10.3 Å². The summed E-state index contributed by atoms with van der Waals surface area (Å²) in [5.41, 5.74) is 2.37. The Morgan fingerprint density at radius 2 is 2.00 bits per heavy atom. The lowest BCUT2D eigenvalue weighted by molar-refractivity contribution is 0.317. The molecule has 0 saturated carbocycles. The second-order valence-electron chi connectivity index (χ2n) is 5.40. The third-order valence-corrected chi connectivity index (χ3v) is 5.97. The zero-order valence-corrected chi connectivity index (χ0v) is 14.6. The highest BCUT2D eigenvalue weighted by atomic mass is 32.2. The largest absolute Gasteiger partial charge is 0.303 e. The molecular formula is C17H19N3S2. The number of hydrogen-bond donors (Lipinski definition) is 0. The molecule has 5 heteroatoms. The van der Waals surface area contributed by atoms with Crippen molar-refractivity contribution in [2.75, 3.05) is 14.1 Å². The summed E-state index contributed by atoms with van der Waals surface area (Å²) in [5, 5.41) is 1.13. The SMILES string of the molecule is C[C@@H](c1ccccc1SCc1nc2cccnc2s1)N(C)C. The van der Waals surface area contributed by atoms with Crippen molar-refractivity contribution in [1.82, 2.24) is 14.9 Å². The fraction of sp³-hybridized carbons (Fsp3) is 0.294. The maximum absolute atomic E-state index is 4.66. The van der Waals surface area contributed by atoms with Crippen LogP contribution < -0.4 is 0 Å². The Bertz CT molecular complexity index is 734. The molecule has 22 heavy (non-hydrogen) atoms. The minimum absolute atomic E-state index is 0.403. The van der Waals surface area contributed by atoms with Crippen LogP contribution in [0.3, 0.4) is 0 Å². The molecule has 0 saturated heterocycles. The van der Waals surface area contributed by atoms with E-state index in [1.807, 2.05) is 30.1 Å². The van der Waals surface area contributed by atoms with Crippen molar-refractivity contribution < 1.29 is 0 Å². The van der Waals surface area contributed by atoms with E-state index in [9.17, 15) is 0 Å². The Morgan fingerprint density at radius 3 is 2.77 bits per heavy atom. The Labute approximate surface area is 139 Å². The average Bonchev–Trinajstić information content (AvgIpc) is 2.95. The molecule has 1 aromatic carbocycles. The lowest BCUT2D eigenvalue weighted by Crippen LogP contribution is -2.17. The third kappa shape index (κ3) is 3.32. The quantitative estimate of drug-likeness (QED) is 0.639. The Morgan fingerprint density at radius 1 is 1.18 bits per heavy atom. The zero-order chi connectivity index (χ0) is 15.5. The van der Waals surface area contributed by atoms with Gasteiger partial charge in [0.2, 0.25) is 0 Å². The molecular weight excluding hydrogens is 310 g/mol. The molecule has 0 fully saturated rings. The van der Waals surface area contributed by atoms with Crippen LogP contribution in [-0.4, -0.2) is 29.0 Å². The zero-order valence-electron chi connectivity index (χ0n) is 13.0. The highest BCUT2D eigenvalue weighted by molar-refractivity contribution is 7.98. The minimum atomic E-state index is 0.403. The van der Waals surface area contributed by atoms with E-state index in [1.165, 1.54) is 10.5 Å². The molecule has 0 spiro atoms. The van der Waals surface area contributed by atoms with Crippen molar-refractivity contribution in [3.8, 4) is 0 Å². The van der Waals surface area contributed by atoms with Crippen molar-refractivity contribution in [2.45, 2.75) is 23.6 Å². The fourth-order valence-corrected chi connectivity index (χ4v) is 4.29. The first-order chi connectivity index (χ1) is 10.6. The van der Waals surface area contributed by atoms with Crippen LogP contribution in [0.2, 0.25) is 0 Å². The molecule has 0 bridgehead atoms. The number of thiazole rings is 1. The fourth-order valence-electron chi connectivity index (χ4n) is 2.25. The van der Waals surface area contributed by atoms with Gasteiger partial charge in [0, 0.05) is 17.1 Å². The van der Waals surface area contributed by atoms with Gasteiger partial charge in [-0.15, -0.1) is 11.8 Å². The highest BCUT2D eigenvalue weighted by Crippen LogP contribution is 2.33. The van der Waals surface area contributed by atoms with Gasteiger partial charge in [0.25, 0.3) is 0 Å². The van der Waals surface area contributed by atoms with Crippen molar-refractivity contribution in [1.29, 1.82) is 0 Å². The molecule has 0 amide bonds. The molecule has 2 aromatic heterocycles. The second-order valence-corrected chi connectivity index (χ2v) is 7.48. The normalized spacial score (nSPS) is 12.9. The maximum atomic E-state index is 4.66. The second kappa shape index (κ2) is 6.77. The van der Waals surface area contributed by atoms with E-state index in [-0.39, 0.29) is 0 Å². The first-order valence-electron chi connectivity index (χ1n) is 7.23. The van der Waals surface area contributed by atoms with Gasteiger partial charge >= 0.3 is 0 Å². The van der Waals surface area contributed by atoms with Crippen LogP contribution in [0.4, 0.5) is 0 Å². The summed E-state index contributed by atoms with van der Waals surface area (Å²) in [7, 11) is 4.23. The molecule has 114 valence electrons. The number of aromatic nitrogens is 2. The van der Waals surface area contributed by atoms with Crippen molar-refractivity contribution in [2.24, 2.45) is 0 Å². The Hall–Kier alpha value is -1.43. The maximum Gasteiger partial charge on any atom is 0.143 e. The van der Waals surface area contributed by atoms with Gasteiger partial charge < -0.3 is 4.90 Å². The molecule has 0 unspecified atom stereocenters. The van der Waals surface area contributed by atoms with E-state index in [0.717, 1.165) is 21.1 Å². The summed E-state index contributed by atoms with van der Waals surface area (Å²) in [6.07, 6.45) is 1.82. The first kappa shape index (κ1) is 15.5. The van der Waals surface area contributed by atoms with Crippen molar-refractivity contribution >= 4 is 33.4 Å². The first-order valence-corrected chi connectivity index (χ1v) is 9.04. The van der Waals surface area contributed by atoms with Crippen LogP contribution in [0, 0.1) is 0 Å². The summed E-state index contributed by atoms with van der Waals surface area (Å²) in [6, 6.07) is 13.0. The molecule has 0 aliphatic carbocycles. The van der Waals surface area contributed by atoms with Crippen LogP contribution in [0.15, 0.2) is 47.5 Å². The summed E-state index contributed by atoms with van der Waals surface area (Å²) >= 11 is 3.54. The van der Waals surface area contributed by atoms with Gasteiger partial charge in [-0.2, -0.15) is 0 Å². The van der Waals surface area contributed by atoms with Crippen molar-refractivity contribution in [3.63, 3.8) is 0 Å². The van der Waals surface area contributed by atoms with E-state index in [0.29, 0.717) is 6.04 Å². The molecule has 3 nitrogen and oxygen atoms in total. The lowest BCUT2D eigenvalue weighted by Gasteiger charge is -2.22. The molecule has 3 aromatic rings. The van der Waals surface area contributed by atoms with E-state index in [1.54, 1.807) is 11.3 Å². The molecule has 0 N–H and O–H groups in total. The van der Waals surface area contributed by atoms with Crippen LogP contribution in [0.1, 0.15) is 23.5 Å². The monoisotopic (exact) mass is 329 g/mol. The predicted octanol–water partition coefficient (Wildman–Crippen LogP) is 4.61. The lowest BCUT2D eigenvalue weighted by atomic mass is 10.1. The van der Waals surface area contributed by atoms with Crippen LogP contribution in [-0.2, 0) is 5.75 Å². The summed E-state index contributed by atoms with van der Waals surface area (Å²) in [5.74, 6) is 0.887. The third-order valence-electron chi connectivity index (χ3n) is 3.71. The number of pyridine rings is 1. The molecule has 0 aliphatic heterocycles. The Kier molecular flexibility index (Phi) is 4.76. The average molecular weight is 329 g/mol. The van der Waals surface area contributed by atoms with E-state index in [2.05, 4.69) is 60.2 Å². The van der Waals surface area contributed by atoms with Gasteiger partial charge in [-0.1, -0.05) is 29.5 Å². The molecule has 2 heterocycles. The number of hydrogen-bond acceptors (Lipinski definition) is 5. The molecule has 0 radical (unpaired) electrons. The van der Waals surface area contributed by atoms with Gasteiger partial charge in [-0.3, -0.25) is 0 Å². The number of thioether (sulfide) groups is 1. The summed E-state index contributed by atoms with van der Waals surface area (Å²) in [6.45, 7) is 2.24. The number of rotatable bonds is 5. The Balaban J connectivity index is 1.79. The van der Waals surface area contributed by atoms with Gasteiger partial charge in [-0.05, 0) is 44.8 Å². The van der Waals surface area contributed by atoms with Crippen LogP contribution in [0.5, 0.6) is 0 Å². The number of nitrogens with zero attached hydrogens (tertiary/aromatic N) is 3. The van der Waals surface area contributed by atoms with Crippen molar-refractivity contribution in [3.05, 3.63) is 53.2 Å². The van der Waals surface area contributed by atoms with E-state index >= 15 is 0 Å². The molecule has 0 aliphatic rings. The molecule has 3 rings (SSSR count). The van der Waals surface area contributed by atoms with Gasteiger partial charge in [0.15, 0.2) is 0 Å². The van der Waals surface area contributed by atoms with Gasteiger partial charge in [-0.25, -0.2) is 9.97 Å². The number of benzene rings is 1. The summed E-state index contributed by atoms with van der Waals surface area (Å²) in [4.78, 5) is 13.6. The topological polar surface area (TPSA) is 29.0 Å². The summed E-state index contributed by atoms with van der Waals surface area (Å²) < 4.78 is 0. The number of fused-ring (bicyclic) bond motifs is 1. The van der Waals surface area contributed by atoms with Gasteiger partial charge in [0.1, 0.15) is 15.4 Å². The standard InChI is InChI=1S/C17H19N3S2/c1-12(20(2)3)13-7-4-5-9-15(13)21-11-16-19-14-8-6-10-18-17(14)22-16/h4-10,12H,11H2,1-3H3/t12-/m0/s1. The van der Waals surface area contributed by atoms with Gasteiger partial charge in [0.05, 0.1) is 5.75 Å².